The fraction of sp³-hybridized carbons (Fsp3) is 0.875. The van der Waals surface area contributed by atoms with Crippen LogP contribution in [-0.4, -0.2) is 34.8 Å². The van der Waals surface area contributed by atoms with Crippen LogP contribution in [0.25, 0.3) is 0 Å². The Morgan fingerprint density at radius 1 is 1.05 bits per heavy atom. The monoisotopic (exact) mass is 282 g/mol. The molecule has 1 aliphatic rings. The van der Waals surface area contributed by atoms with E-state index in [9.17, 15) is 9.59 Å². The molecule has 116 valence electrons. The third-order valence-corrected chi connectivity index (χ3v) is 4.48. The molecule has 1 atom stereocenters. The molecule has 0 radical (unpaired) electrons. The van der Waals surface area contributed by atoms with Gasteiger partial charge in [-0.15, -0.1) is 0 Å². The highest BCUT2D eigenvalue weighted by Gasteiger charge is 2.48. The first-order valence-electron chi connectivity index (χ1n) is 8.19. The van der Waals surface area contributed by atoms with E-state index in [1.807, 2.05) is 18.7 Å². The number of rotatable bonds is 8. The standard InChI is InChI=1S/C16H30N2O2/c1-5-9-10-12-18-13(11-6-2)14(19)17-16(7-3,8-4)15(18)20/h13H,5-12H2,1-4H3,(H,17,19). The van der Waals surface area contributed by atoms with E-state index in [0.717, 1.165) is 32.1 Å². The topological polar surface area (TPSA) is 49.4 Å². The van der Waals surface area contributed by atoms with E-state index in [-0.39, 0.29) is 17.9 Å². The maximum Gasteiger partial charge on any atom is 0.248 e. The number of hydrogen-bond donors (Lipinski definition) is 1. The Morgan fingerprint density at radius 3 is 2.20 bits per heavy atom. The van der Waals surface area contributed by atoms with Crippen LogP contribution in [0.15, 0.2) is 0 Å². The molecule has 0 aromatic heterocycles. The second-order valence-electron chi connectivity index (χ2n) is 5.79. The van der Waals surface area contributed by atoms with E-state index in [4.69, 9.17) is 0 Å². The molecule has 1 saturated heterocycles. The van der Waals surface area contributed by atoms with Crippen molar-refractivity contribution in [2.24, 2.45) is 0 Å². The van der Waals surface area contributed by atoms with Crippen LogP contribution >= 0.6 is 0 Å². The van der Waals surface area contributed by atoms with Gasteiger partial charge in [0, 0.05) is 6.54 Å². The van der Waals surface area contributed by atoms with Crippen LogP contribution in [0, 0.1) is 0 Å². The van der Waals surface area contributed by atoms with Gasteiger partial charge in [0.05, 0.1) is 0 Å². The number of carbonyl (C=O) groups excluding carboxylic acids is 2. The summed E-state index contributed by atoms with van der Waals surface area (Å²) in [6.45, 7) is 8.88. The first-order valence-corrected chi connectivity index (χ1v) is 8.19. The number of piperazine rings is 1. The van der Waals surface area contributed by atoms with Gasteiger partial charge in [-0.2, -0.15) is 0 Å². The molecule has 0 aromatic carbocycles. The average molecular weight is 282 g/mol. The van der Waals surface area contributed by atoms with Crippen molar-refractivity contribution in [1.82, 2.24) is 10.2 Å². The van der Waals surface area contributed by atoms with Crippen LogP contribution < -0.4 is 5.32 Å². The quantitative estimate of drug-likeness (QED) is 0.696. The SMILES string of the molecule is CCCCCN1C(=O)C(CC)(CC)NC(=O)C1CCC. The minimum atomic E-state index is -0.673. The minimum absolute atomic E-state index is 0.0339. The van der Waals surface area contributed by atoms with Crippen molar-refractivity contribution in [3.05, 3.63) is 0 Å². The normalized spacial score (nSPS) is 22.0. The van der Waals surface area contributed by atoms with Crippen molar-refractivity contribution in [3.8, 4) is 0 Å². The van der Waals surface area contributed by atoms with Crippen LogP contribution in [0.4, 0.5) is 0 Å². The summed E-state index contributed by atoms with van der Waals surface area (Å²) in [5.41, 5.74) is -0.673. The van der Waals surface area contributed by atoms with E-state index >= 15 is 0 Å². The van der Waals surface area contributed by atoms with Crippen molar-refractivity contribution >= 4 is 11.8 Å². The molecule has 0 spiro atoms. The van der Waals surface area contributed by atoms with E-state index in [0.29, 0.717) is 19.4 Å². The fourth-order valence-corrected chi connectivity index (χ4v) is 3.01. The highest BCUT2D eigenvalue weighted by Crippen LogP contribution is 2.27. The van der Waals surface area contributed by atoms with E-state index in [2.05, 4.69) is 19.2 Å². The van der Waals surface area contributed by atoms with Crippen molar-refractivity contribution in [3.63, 3.8) is 0 Å². The zero-order chi connectivity index (χ0) is 15.2. The summed E-state index contributed by atoms with van der Waals surface area (Å²) < 4.78 is 0. The van der Waals surface area contributed by atoms with Crippen molar-refractivity contribution in [2.45, 2.75) is 84.2 Å². The molecule has 20 heavy (non-hydrogen) atoms. The number of carbonyl (C=O) groups is 2. The molecule has 2 amide bonds. The molecule has 1 aliphatic heterocycles. The Hall–Kier alpha value is -1.06. The van der Waals surface area contributed by atoms with Crippen molar-refractivity contribution in [2.75, 3.05) is 6.54 Å². The zero-order valence-corrected chi connectivity index (χ0v) is 13.5. The largest absolute Gasteiger partial charge is 0.340 e. The number of nitrogens with zero attached hydrogens (tertiary/aromatic N) is 1. The maximum atomic E-state index is 12.8. The molecule has 0 bridgehead atoms. The second kappa shape index (κ2) is 7.65. The van der Waals surface area contributed by atoms with Gasteiger partial charge in [0.1, 0.15) is 11.6 Å². The molecule has 4 nitrogen and oxygen atoms in total. The Bertz CT molecular complexity index is 337. The van der Waals surface area contributed by atoms with Crippen molar-refractivity contribution in [1.29, 1.82) is 0 Å². The molecule has 4 heteroatoms. The lowest BCUT2D eigenvalue weighted by Gasteiger charge is -2.45. The summed E-state index contributed by atoms with van der Waals surface area (Å²) in [4.78, 5) is 27.1. The lowest BCUT2D eigenvalue weighted by Crippen LogP contribution is -2.70. The van der Waals surface area contributed by atoms with Gasteiger partial charge >= 0.3 is 0 Å². The predicted octanol–water partition coefficient (Wildman–Crippen LogP) is 2.86. The average Bonchev–Trinajstić information content (AvgIpc) is 2.46. The van der Waals surface area contributed by atoms with Gasteiger partial charge in [0.2, 0.25) is 11.8 Å². The van der Waals surface area contributed by atoms with Crippen LogP contribution in [0.3, 0.4) is 0 Å². The molecule has 1 unspecified atom stereocenters. The number of unbranched alkanes of at least 4 members (excludes halogenated alkanes) is 2. The van der Waals surface area contributed by atoms with Crippen molar-refractivity contribution < 1.29 is 9.59 Å². The molecular weight excluding hydrogens is 252 g/mol. The highest BCUT2D eigenvalue weighted by molar-refractivity contribution is 5.99. The third-order valence-electron chi connectivity index (χ3n) is 4.48. The molecule has 1 N–H and O–H groups in total. The smallest absolute Gasteiger partial charge is 0.248 e. The minimum Gasteiger partial charge on any atom is -0.340 e. The summed E-state index contributed by atoms with van der Waals surface area (Å²) in [7, 11) is 0. The highest BCUT2D eigenvalue weighted by atomic mass is 16.2. The molecular formula is C16H30N2O2. The van der Waals surface area contributed by atoms with E-state index in [1.165, 1.54) is 0 Å². The summed E-state index contributed by atoms with van der Waals surface area (Å²) in [6, 6.07) is -0.268. The van der Waals surface area contributed by atoms with E-state index in [1.54, 1.807) is 0 Å². The zero-order valence-electron chi connectivity index (χ0n) is 13.5. The van der Waals surface area contributed by atoms with Gasteiger partial charge in [-0.3, -0.25) is 9.59 Å². The van der Waals surface area contributed by atoms with Gasteiger partial charge in [0.15, 0.2) is 0 Å². The lowest BCUT2D eigenvalue weighted by atomic mass is 9.86. The predicted molar refractivity (Wildman–Crippen MR) is 81.4 cm³/mol. The summed E-state index contributed by atoms with van der Waals surface area (Å²) in [5.74, 6) is 0.156. The van der Waals surface area contributed by atoms with Crippen LogP contribution in [0.5, 0.6) is 0 Å². The summed E-state index contributed by atoms with van der Waals surface area (Å²) in [6.07, 6.45) is 6.22. The van der Waals surface area contributed by atoms with Crippen LogP contribution in [0.2, 0.25) is 0 Å². The van der Waals surface area contributed by atoms with Gasteiger partial charge in [-0.05, 0) is 25.7 Å². The molecule has 1 heterocycles. The second-order valence-corrected chi connectivity index (χ2v) is 5.79. The molecule has 0 saturated carbocycles. The Labute approximate surface area is 123 Å². The Kier molecular flexibility index (Phi) is 6.50. The van der Waals surface area contributed by atoms with Crippen LogP contribution in [-0.2, 0) is 9.59 Å². The molecule has 1 rings (SSSR count). The van der Waals surface area contributed by atoms with Crippen LogP contribution in [0.1, 0.15) is 72.6 Å². The number of nitrogens with one attached hydrogen (secondary N) is 1. The Morgan fingerprint density at radius 2 is 1.70 bits per heavy atom. The van der Waals surface area contributed by atoms with Gasteiger partial charge in [-0.1, -0.05) is 47.0 Å². The lowest BCUT2D eigenvalue weighted by molar-refractivity contribution is -0.156. The van der Waals surface area contributed by atoms with Gasteiger partial charge in [0.25, 0.3) is 0 Å². The van der Waals surface area contributed by atoms with Gasteiger partial charge < -0.3 is 10.2 Å². The number of amides is 2. The van der Waals surface area contributed by atoms with Gasteiger partial charge in [-0.25, -0.2) is 0 Å². The van der Waals surface area contributed by atoms with E-state index < -0.39 is 5.54 Å². The number of hydrogen-bond acceptors (Lipinski definition) is 2. The maximum absolute atomic E-state index is 12.8. The summed E-state index contributed by atoms with van der Waals surface area (Å²) >= 11 is 0. The molecule has 0 aliphatic carbocycles. The third kappa shape index (κ3) is 3.33. The first-order chi connectivity index (χ1) is 9.56. The Balaban J connectivity index is 2.94. The summed E-state index contributed by atoms with van der Waals surface area (Å²) in [5, 5.41) is 3.00. The molecule has 1 fully saturated rings. The first kappa shape index (κ1) is 17.0. The molecule has 0 aromatic rings. The fourth-order valence-electron chi connectivity index (χ4n) is 3.01.